The SMILES string of the molecule is CCOc1ccc(Oc2cc(CNC(=NC)NC3CCS(=O)(=O)C3)ccn2)cc1. The van der Waals surface area contributed by atoms with E-state index in [0.29, 0.717) is 37.2 Å². The molecule has 156 valence electrons. The first kappa shape index (κ1) is 20.9. The van der Waals surface area contributed by atoms with E-state index in [9.17, 15) is 8.42 Å². The number of rotatable bonds is 7. The van der Waals surface area contributed by atoms with Gasteiger partial charge in [-0.1, -0.05) is 0 Å². The zero-order valence-corrected chi connectivity index (χ0v) is 17.4. The third-order valence-electron chi connectivity index (χ3n) is 4.41. The first-order chi connectivity index (χ1) is 14.0. The van der Waals surface area contributed by atoms with Crippen LogP contribution in [0.4, 0.5) is 0 Å². The summed E-state index contributed by atoms with van der Waals surface area (Å²) >= 11 is 0. The van der Waals surface area contributed by atoms with E-state index >= 15 is 0 Å². The van der Waals surface area contributed by atoms with Crippen LogP contribution in [0.1, 0.15) is 18.9 Å². The molecule has 1 aromatic heterocycles. The number of hydrogen-bond acceptors (Lipinski definition) is 6. The molecule has 0 amide bonds. The minimum Gasteiger partial charge on any atom is -0.494 e. The van der Waals surface area contributed by atoms with Crippen LogP contribution in [0.25, 0.3) is 0 Å². The lowest BCUT2D eigenvalue weighted by atomic mass is 10.2. The summed E-state index contributed by atoms with van der Waals surface area (Å²) in [6, 6.07) is 11.0. The van der Waals surface area contributed by atoms with Crippen LogP contribution in [0.5, 0.6) is 17.4 Å². The molecular weight excluding hydrogens is 392 g/mol. The monoisotopic (exact) mass is 418 g/mol. The molecule has 1 aliphatic rings. The fourth-order valence-electron chi connectivity index (χ4n) is 2.99. The fourth-order valence-corrected chi connectivity index (χ4v) is 4.66. The van der Waals surface area contributed by atoms with Crippen LogP contribution in [0.15, 0.2) is 47.6 Å². The number of guanidine groups is 1. The van der Waals surface area contributed by atoms with Crippen molar-refractivity contribution in [3.05, 3.63) is 48.2 Å². The third-order valence-corrected chi connectivity index (χ3v) is 6.18. The van der Waals surface area contributed by atoms with Crippen LogP contribution in [-0.2, 0) is 16.4 Å². The Bertz CT molecular complexity index is 945. The van der Waals surface area contributed by atoms with Crippen LogP contribution in [0.2, 0.25) is 0 Å². The molecule has 2 aromatic rings. The summed E-state index contributed by atoms with van der Waals surface area (Å²) in [6.07, 6.45) is 2.28. The molecule has 2 N–H and O–H groups in total. The van der Waals surface area contributed by atoms with E-state index in [2.05, 4.69) is 20.6 Å². The summed E-state index contributed by atoms with van der Waals surface area (Å²) in [5.74, 6) is 2.88. The van der Waals surface area contributed by atoms with Gasteiger partial charge in [-0.25, -0.2) is 13.4 Å². The van der Waals surface area contributed by atoms with Crippen LogP contribution >= 0.6 is 0 Å². The van der Waals surface area contributed by atoms with Crippen LogP contribution in [-0.4, -0.2) is 50.6 Å². The lowest BCUT2D eigenvalue weighted by Gasteiger charge is -2.16. The van der Waals surface area contributed by atoms with Crippen molar-refractivity contribution in [2.45, 2.75) is 25.9 Å². The summed E-state index contributed by atoms with van der Waals surface area (Å²) in [4.78, 5) is 8.41. The molecule has 29 heavy (non-hydrogen) atoms. The van der Waals surface area contributed by atoms with Crippen molar-refractivity contribution < 1.29 is 17.9 Å². The van der Waals surface area contributed by atoms with Gasteiger partial charge in [0.25, 0.3) is 0 Å². The van der Waals surface area contributed by atoms with Crippen molar-refractivity contribution in [3.8, 4) is 17.4 Å². The van der Waals surface area contributed by atoms with E-state index in [0.717, 1.165) is 11.3 Å². The largest absolute Gasteiger partial charge is 0.494 e. The fraction of sp³-hybridized carbons (Fsp3) is 0.400. The van der Waals surface area contributed by atoms with E-state index in [1.165, 1.54) is 0 Å². The van der Waals surface area contributed by atoms with E-state index in [4.69, 9.17) is 9.47 Å². The summed E-state index contributed by atoms with van der Waals surface area (Å²) in [5.41, 5.74) is 0.961. The maximum Gasteiger partial charge on any atom is 0.219 e. The van der Waals surface area contributed by atoms with Crippen molar-refractivity contribution in [3.63, 3.8) is 0 Å². The summed E-state index contributed by atoms with van der Waals surface area (Å²) in [5, 5.41) is 6.36. The first-order valence-corrected chi connectivity index (χ1v) is 11.3. The van der Waals surface area contributed by atoms with Gasteiger partial charge in [0.15, 0.2) is 15.8 Å². The maximum absolute atomic E-state index is 11.6. The van der Waals surface area contributed by atoms with Crippen molar-refractivity contribution in [2.75, 3.05) is 25.2 Å². The second kappa shape index (κ2) is 9.60. The summed E-state index contributed by atoms with van der Waals surface area (Å²) in [6.45, 7) is 3.06. The first-order valence-electron chi connectivity index (χ1n) is 9.50. The second-order valence-electron chi connectivity index (χ2n) is 6.68. The average molecular weight is 419 g/mol. The molecule has 9 heteroatoms. The molecule has 0 saturated carbocycles. The highest BCUT2D eigenvalue weighted by Crippen LogP contribution is 2.23. The number of sulfone groups is 1. The quantitative estimate of drug-likeness (QED) is 0.525. The second-order valence-corrected chi connectivity index (χ2v) is 8.91. The topological polar surface area (TPSA) is 102 Å². The number of nitrogens with zero attached hydrogens (tertiary/aromatic N) is 2. The molecule has 1 unspecified atom stereocenters. The van der Waals surface area contributed by atoms with E-state index < -0.39 is 9.84 Å². The molecule has 0 spiro atoms. The number of aliphatic imine (C=N–C) groups is 1. The number of ether oxygens (including phenoxy) is 2. The number of pyridine rings is 1. The Morgan fingerprint density at radius 3 is 2.66 bits per heavy atom. The summed E-state index contributed by atoms with van der Waals surface area (Å²) in [7, 11) is -1.28. The van der Waals surface area contributed by atoms with Gasteiger partial charge in [0.1, 0.15) is 11.5 Å². The third kappa shape index (κ3) is 6.35. The molecule has 1 aromatic carbocycles. The zero-order chi connectivity index (χ0) is 20.7. The van der Waals surface area contributed by atoms with Gasteiger partial charge in [0.2, 0.25) is 5.88 Å². The highest BCUT2D eigenvalue weighted by atomic mass is 32.2. The molecule has 1 aliphatic heterocycles. The summed E-state index contributed by atoms with van der Waals surface area (Å²) < 4.78 is 34.4. The molecular formula is C20H26N4O4S. The Morgan fingerprint density at radius 2 is 2.00 bits per heavy atom. The molecule has 3 rings (SSSR count). The Balaban J connectivity index is 1.55. The lowest BCUT2D eigenvalue weighted by molar-refractivity contribution is 0.339. The molecule has 1 fully saturated rings. The van der Waals surface area contributed by atoms with Gasteiger partial charge in [-0.05, 0) is 49.2 Å². The smallest absolute Gasteiger partial charge is 0.219 e. The number of aromatic nitrogens is 1. The van der Waals surface area contributed by atoms with E-state index in [-0.39, 0.29) is 17.5 Å². The van der Waals surface area contributed by atoms with Crippen molar-refractivity contribution in [1.29, 1.82) is 0 Å². The predicted molar refractivity (Wildman–Crippen MR) is 112 cm³/mol. The van der Waals surface area contributed by atoms with Crippen LogP contribution in [0.3, 0.4) is 0 Å². The Hall–Kier alpha value is -2.81. The van der Waals surface area contributed by atoms with Gasteiger partial charge in [0.05, 0.1) is 18.1 Å². The molecule has 2 heterocycles. The van der Waals surface area contributed by atoms with Gasteiger partial charge < -0.3 is 20.1 Å². The Kier molecular flexibility index (Phi) is 6.92. The van der Waals surface area contributed by atoms with Crippen LogP contribution in [0, 0.1) is 0 Å². The Morgan fingerprint density at radius 1 is 1.24 bits per heavy atom. The van der Waals surface area contributed by atoms with Crippen molar-refractivity contribution in [1.82, 2.24) is 15.6 Å². The molecule has 0 aliphatic carbocycles. The van der Waals surface area contributed by atoms with E-state index in [1.807, 2.05) is 43.3 Å². The Labute approximate surface area is 171 Å². The standard InChI is InChI=1S/C20H26N4O4S/c1-3-27-17-4-6-18(7-5-17)28-19-12-15(8-10-22-19)13-23-20(21-2)24-16-9-11-29(25,26)14-16/h4-8,10,12,16H,3,9,11,13-14H2,1-2H3,(H2,21,23,24). The van der Waals surface area contributed by atoms with Gasteiger partial charge in [0, 0.05) is 31.9 Å². The number of benzene rings is 1. The lowest BCUT2D eigenvalue weighted by Crippen LogP contribution is -2.43. The van der Waals surface area contributed by atoms with Crippen LogP contribution < -0.4 is 20.1 Å². The van der Waals surface area contributed by atoms with Gasteiger partial charge >= 0.3 is 0 Å². The molecule has 0 radical (unpaired) electrons. The molecule has 8 nitrogen and oxygen atoms in total. The zero-order valence-electron chi connectivity index (χ0n) is 16.6. The predicted octanol–water partition coefficient (Wildman–Crippen LogP) is 2.12. The highest BCUT2D eigenvalue weighted by molar-refractivity contribution is 7.91. The van der Waals surface area contributed by atoms with E-state index in [1.54, 1.807) is 13.2 Å². The average Bonchev–Trinajstić information content (AvgIpc) is 3.05. The van der Waals surface area contributed by atoms with Crippen molar-refractivity contribution in [2.24, 2.45) is 4.99 Å². The normalized spacial score (nSPS) is 18.3. The number of nitrogens with one attached hydrogen (secondary N) is 2. The molecule has 1 atom stereocenters. The maximum atomic E-state index is 11.6. The number of hydrogen-bond donors (Lipinski definition) is 2. The highest BCUT2D eigenvalue weighted by Gasteiger charge is 2.28. The van der Waals surface area contributed by atoms with Gasteiger partial charge in [-0.3, -0.25) is 4.99 Å². The minimum absolute atomic E-state index is 0.109. The molecule has 1 saturated heterocycles. The molecule has 0 bridgehead atoms. The van der Waals surface area contributed by atoms with Gasteiger partial charge in [-0.15, -0.1) is 0 Å². The van der Waals surface area contributed by atoms with Gasteiger partial charge in [-0.2, -0.15) is 0 Å². The minimum atomic E-state index is -2.94. The van der Waals surface area contributed by atoms with Crippen molar-refractivity contribution >= 4 is 15.8 Å².